The van der Waals surface area contributed by atoms with Crippen molar-refractivity contribution in [1.29, 1.82) is 0 Å². The summed E-state index contributed by atoms with van der Waals surface area (Å²) >= 11 is 0. The lowest BCUT2D eigenvalue weighted by atomic mass is 10.1. The minimum Gasteiger partial charge on any atom is -0.326 e. The SMILES string of the molecule is CCC(=O)Nc1ccc([N+](=O)[O-])c(C(F)(F)F)c1. The van der Waals surface area contributed by atoms with Gasteiger partial charge in [0.05, 0.1) is 4.92 Å². The lowest BCUT2D eigenvalue weighted by Crippen LogP contribution is -2.13. The third kappa shape index (κ3) is 3.19. The second kappa shape index (κ2) is 5.03. The van der Waals surface area contributed by atoms with Gasteiger partial charge in [0.2, 0.25) is 5.91 Å². The second-order valence-corrected chi connectivity index (χ2v) is 3.39. The number of alkyl halides is 3. The van der Waals surface area contributed by atoms with Gasteiger partial charge in [0.15, 0.2) is 0 Å². The van der Waals surface area contributed by atoms with Crippen LogP contribution in [-0.2, 0) is 11.0 Å². The lowest BCUT2D eigenvalue weighted by molar-refractivity contribution is -0.388. The normalized spacial score (nSPS) is 11.1. The standard InChI is InChI=1S/C10H9F3N2O3/c1-2-9(16)14-6-3-4-8(15(17)18)7(5-6)10(11,12)13/h3-5H,2H2,1H3,(H,14,16). The van der Waals surface area contributed by atoms with Crippen LogP contribution in [0.15, 0.2) is 18.2 Å². The van der Waals surface area contributed by atoms with E-state index < -0.39 is 28.3 Å². The van der Waals surface area contributed by atoms with Gasteiger partial charge in [0.25, 0.3) is 5.69 Å². The quantitative estimate of drug-likeness (QED) is 0.672. The summed E-state index contributed by atoms with van der Waals surface area (Å²) in [4.78, 5) is 20.4. The van der Waals surface area contributed by atoms with Crippen molar-refractivity contribution < 1.29 is 22.9 Å². The van der Waals surface area contributed by atoms with Crippen molar-refractivity contribution >= 4 is 17.3 Å². The summed E-state index contributed by atoms with van der Waals surface area (Å²) in [5.41, 5.74) is -2.56. The van der Waals surface area contributed by atoms with E-state index in [1.54, 1.807) is 0 Å². The number of benzene rings is 1. The van der Waals surface area contributed by atoms with E-state index in [2.05, 4.69) is 5.32 Å². The van der Waals surface area contributed by atoms with Crippen LogP contribution in [0.4, 0.5) is 24.5 Å². The number of nitrogens with zero attached hydrogens (tertiary/aromatic N) is 1. The van der Waals surface area contributed by atoms with Gasteiger partial charge >= 0.3 is 6.18 Å². The van der Waals surface area contributed by atoms with Crippen molar-refractivity contribution in [1.82, 2.24) is 0 Å². The third-order valence-electron chi connectivity index (χ3n) is 2.10. The first kappa shape index (κ1) is 13.9. The first-order chi connectivity index (χ1) is 8.25. The molecule has 1 rings (SSSR count). The van der Waals surface area contributed by atoms with Crippen molar-refractivity contribution in [2.75, 3.05) is 5.32 Å². The van der Waals surface area contributed by atoms with Crippen LogP contribution < -0.4 is 5.32 Å². The molecule has 0 spiro atoms. The molecule has 0 saturated carbocycles. The van der Waals surface area contributed by atoms with Crippen LogP contribution >= 0.6 is 0 Å². The molecule has 0 atom stereocenters. The number of amides is 1. The molecule has 0 heterocycles. The maximum Gasteiger partial charge on any atom is 0.423 e. The molecule has 0 aliphatic rings. The van der Waals surface area contributed by atoms with Crippen LogP contribution in [0, 0.1) is 10.1 Å². The fourth-order valence-corrected chi connectivity index (χ4v) is 1.25. The molecule has 0 fully saturated rings. The highest BCUT2D eigenvalue weighted by atomic mass is 19.4. The molecule has 1 N–H and O–H groups in total. The van der Waals surface area contributed by atoms with Gasteiger partial charge < -0.3 is 5.32 Å². The summed E-state index contributed by atoms with van der Waals surface area (Å²) in [5.74, 6) is -0.475. The highest BCUT2D eigenvalue weighted by molar-refractivity contribution is 5.90. The average molecular weight is 262 g/mol. The Morgan fingerprint density at radius 3 is 2.50 bits per heavy atom. The molecule has 5 nitrogen and oxygen atoms in total. The molecule has 0 aliphatic carbocycles. The van der Waals surface area contributed by atoms with Crippen molar-refractivity contribution in [2.24, 2.45) is 0 Å². The Balaban J connectivity index is 3.22. The van der Waals surface area contributed by atoms with Crippen LogP contribution in [0.2, 0.25) is 0 Å². The molecule has 8 heteroatoms. The van der Waals surface area contributed by atoms with Gasteiger partial charge in [0, 0.05) is 18.2 Å². The van der Waals surface area contributed by atoms with Gasteiger partial charge in [-0.1, -0.05) is 6.92 Å². The average Bonchev–Trinajstić information content (AvgIpc) is 2.27. The highest BCUT2D eigenvalue weighted by Gasteiger charge is 2.38. The number of nitro groups is 1. The predicted octanol–water partition coefficient (Wildman–Crippen LogP) is 2.96. The molecule has 0 saturated heterocycles. The summed E-state index contributed by atoms with van der Waals surface area (Å²) in [6, 6.07) is 2.32. The molecular weight excluding hydrogens is 253 g/mol. The van der Waals surface area contributed by atoms with E-state index in [0.29, 0.717) is 12.1 Å². The predicted molar refractivity (Wildman–Crippen MR) is 57.0 cm³/mol. The van der Waals surface area contributed by atoms with Gasteiger partial charge in [-0.15, -0.1) is 0 Å². The Hall–Kier alpha value is -2.12. The van der Waals surface area contributed by atoms with Gasteiger partial charge in [-0.3, -0.25) is 14.9 Å². The zero-order valence-electron chi connectivity index (χ0n) is 9.25. The van der Waals surface area contributed by atoms with Crippen molar-refractivity contribution in [3.8, 4) is 0 Å². The fraction of sp³-hybridized carbons (Fsp3) is 0.300. The molecule has 1 amide bonds. The maximum atomic E-state index is 12.6. The number of hydrogen-bond donors (Lipinski definition) is 1. The molecule has 0 unspecified atom stereocenters. The van der Waals surface area contributed by atoms with Crippen molar-refractivity contribution in [3.63, 3.8) is 0 Å². The van der Waals surface area contributed by atoms with E-state index in [9.17, 15) is 28.1 Å². The monoisotopic (exact) mass is 262 g/mol. The number of anilines is 1. The zero-order valence-corrected chi connectivity index (χ0v) is 9.25. The minimum absolute atomic E-state index is 0.0956. The second-order valence-electron chi connectivity index (χ2n) is 3.39. The Morgan fingerprint density at radius 2 is 2.06 bits per heavy atom. The molecular formula is C10H9F3N2O3. The van der Waals surface area contributed by atoms with E-state index >= 15 is 0 Å². The van der Waals surface area contributed by atoms with Crippen LogP contribution in [0.3, 0.4) is 0 Å². The number of rotatable bonds is 3. The third-order valence-corrected chi connectivity index (χ3v) is 2.10. The highest BCUT2D eigenvalue weighted by Crippen LogP contribution is 2.37. The molecule has 18 heavy (non-hydrogen) atoms. The Bertz CT molecular complexity index is 486. The summed E-state index contributed by atoms with van der Waals surface area (Å²) in [6.45, 7) is 1.53. The van der Waals surface area contributed by atoms with Crippen molar-refractivity contribution in [3.05, 3.63) is 33.9 Å². The van der Waals surface area contributed by atoms with Gasteiger partial charge in [-0.05, 0) is 12.1 Å². The molecule has 0 aliphatic heterocycles. The number of carbonyl (C=O) groups is 1. The van der Waals surface area contributed by atoms with Crippen LogP contribution in [0.5, 0.6) is 0 Å². The van der Waals surface area contributed by atoms with E-state index in [1.165, 1.54) is 6.92 Å². The van der Waals surface area contributed by atoms with Crippen LogP contribution in [-0.4, -0.2) is 10.8 Å². The van der Waals surface area contributed by atoms with Gasteiger partial charge in [-0.2, -0.15) is 13.2 Å². The molecule has 98 valence electrons. The summed E-state index contributed by atoms with van der Waals surface area (Å²) in [6.07, 6.45) is -4.76. The number of nitro benzene ring substituents is 1. The van der Waals surface area contributed by atoms with E-state index in [-0.39, 0.29) is 12.1 Å². The summed E-state index contributed by atoms with van der Waals surface area (Å²) in [7, 11) is 0. The Labute approximate surface area is 99.8 Å². The first-order valence-electron chi connectivity index (χ1n) is 4.91. The van der Waals surface area contributed by atoms with Gasteiger partial charge in [-0.25, -0.2) is 0 Å². The smallest absolute Gasteiger partial charge is 0.326 e. The van der Waals surface area contributed by atoms with Crippen LogP contribution in [0.25, 0.3) is 0 Å². The van der Waals surface area contributed by atoms with E-state index in [4.69, 9.17) is 0 Å². The largest absolute Gasteiger partial charge is 0.423 e. The molecule has 0 radical (unpaired) electrons. The summed E-state index contributed by atoms with van der Waals surface area (Å²) in [5, 5.41) is 12.7. The number of carbonyl (C=O) groups excluding carboxylic acids is 1. The lowest BCUT2D eigenvalue weighted by Gasteiger charge is -2.10. The fourth-order valence-electron chi connectivity index (χ4n) is 1.25. The van der Waals surface area contributed by atoms with Crippen molar-refractivity contribution in [2.45, 2.75) is 19.5 Å². The minimum atomic E-state index is -4.85. The Kier molecular flexibility index (Phi) is 3.89. The zero-order chi connectivity index (χ0) is 13.9. The molecule has 0 aromatic heterocycles. The molecule has 1 aromatic carbocycles. The van der Waals surface area contributed by atoms with E-state index in [1.807, 2.05) is 0 Å². The summed E-state index contributed by atoms with van der Waals surface area (Å²) < 4.78 is 37.8. The molecule has 0 bridgehead atoms. The number of halogens is 3. The van der Waals surface area contributed by atoms with Crippen LogP contribution in [0.1, 0.15) is 18.9 Å². The number of nitrogens with one attached hydrogen (secondary N) is 1. The maximum absolute atomic E-state index is 12.6. The first-order valence-corrected chi connectivity index (χ1v) is 4.91. The van der Waals surface area contributed by atoms with Gasteiger partial charge in [0.1, 0.15) is 5.56 Å². The van der Waals surface area contributed by atoms with E-state index in [0.717, 1.165) is 6.07 Å². The molecule has 1 aromatic rings. The number of hydrogen-bond acceptors (Lipinski definition) is 3. The Morgan fingerprint density at radius 1 is 1.44 bits per heavy atom. The topological polar surface area (TPSA) is 72.2 Å².